The van der Waals surface area contributed by atoms with Gasteiger partial charge in [0.15, 0.2) is 11.5 Å². The smallest absolute Gasteiger partial charge is 0.338 e. The van der Waals surface area contributed by atoms with Gasteiger partial charge in [0, 0.05) is 5.70 Å². The van der Waals surface area contributed by atoms with E-state index in [2.05, 4.69) is 10.3 Å². The summed E-state index contributed by atoms with van der Waals surface area (Å²) in [6, 6.07) is 15.1. The van der Waals surface area contributed by atoms with Crippen LogP contribution in [-0.2, 0) is 16.1 Å². The molecule has 0 bridgehead atoms. The van der Waals surface area contributed by atoms with Gasteiger partial charge < -0.3 is 19.5 Å². The molecule has 9 heteroatoms. The lowest BCUT2D eigenvalue weighted by Gasteiger charge is -2.29. The van der Waals surface area contributed by atoms with Crippen LogP contribution in [-0.4, -0.2) is 39.7 Å². The number of rotatable bonds is 9. The summed E-state index contributed by atoms with van der Waals surface area (Å²) < 4.78 is 19.0. The Kier molecular flexibility index (Phi) is 7.65. The Balaban J connectivity index is 1.73. The number of carbonyl (C=O) groups is 1. The molecule has 0 aliphatic carbocycles. The van der Waals surface area contributed by atoms with Crippen molar-refractivity contribution in [1.29, 1.82) is 0 Å². The molecule has 0 spiro atoms. The maximum Gasteiger partial charge on any atom is 0.338 e. The van der Waals surface area contributed by atoms with E-state index >= 15 is 0 Å². The fourth-order valence-corrected chi connectivity index (χ4v) is 4.44. The van der Waals surface area contributed by atoms with Crippen LogP contribution in [0.5, 0.6) is 11.5 Å². The first kappa shape index (κ1) is 24.7. The highest BCUT2D eigenvalue weighted by Crippen LogP contribution is 2.40. The molecule has 35 heavy (non-hydrogen) atoms. The topological polar surface area (TPSA) is 87.5 Å². The van der Waals surface area contributed by atoms with Crippen molar-refractivity contribution in [3.63, 3.8) is 0 Å². The number of nitrogens with one attached hydrogen (secondary N) is 1. The van der Waals surface area contributed by atoms with Crippen LogP contribution in [0.4, 0.5) is 5.95 Å². The number of hydrogen-bond donors (Lipinski definition) is 1. The first-order valence-corrected chi connectivity index (χ1v) is 12.5. The summed E-state index contributed by atoms with van der Waals surface area (Å²) >= 11 is 1.54. The molecule has 1 N–H and O–H groups in total. The second-order valence-corrected chi connectivity index (χ2v) is 9.53. The first-order valence-electron chi connectivity index (χ1n) is 11.5. The summed E-state index contributed by atoms with van der Waals surface area (Å²) in [6.45, 7) is 7.97. The molecule has 3 aromatic rings. The van der Waals surface area contributed by atoms with Gasteiger partial charge in [0.2, 0.25) is 11.1 Å². The number of thioether (sulfide) groups is 1. The Morgan fingerprint density at radius 1 is 1.17 bits per heavy atom. The van der Waals surface area contributed by atoms with E-state index in [1.165, 1.54) is 11.8 Å². The summed E-state index contributed by atoms with van der Waals surface area (Å²) in [5, 5.41) is 8.55. The predicted octanol–water partition coefficient (Wildman–Crippen LogP) is 5.22. The molecule has 4 rings (SSSR count). The Bertz CT molecular complexity index is 1220. The molecule has 2 aromatic carbocycles. The van der Waals surface area contributed by atoms with E-state index in [-0.39, 0.29) is 6.10 Å². The van der Waals surface area contributed by atoms with Crippen molar-refractivity contribution in [3.8, 4) is 11.5 Å². The highest BCUT2D eigenvalue weighted by Gasteiger charge is 2.36. The molecule has 0 fully saturated rings. The molecule has 1 atom stereocenters. The van der Waals surface area contributed by atoms with Gasteiger partial charge in [0.05, 0.1) is 18.8 Å². The Hall–Kier alpha value is -3.46. The highest BCUT2D eigenvalue weighted by atomic mass is 32.2. The lowest BCUT2D eigenvalue weighted by molar-refractivity contribution is -0.143. The molecular formula is C26H30N4O4S. The predicted molar refractivity (Wildman–Crippen MR) is 136 cm³/mol. The van der Waals surface area contributed by atoms with Crippen molar-refractivity contribution < 1.29 is 19.0 Å². The van der Waals surface area contributed by atoms with E-state index in [0.29, 0.717) is 40.5 Å². The highest BCUT2D eigenvalue weighted by molar-refractivity contribution is 7.99. The summed E-state index contributed by atoms with van der Waals surface area (Å²) in [5.41, 5.74) is 3.02. The number of esters is 1. The SMILES string of the molecule is CCSc1nc2n(n1)C(c1ccc(OCc3ccccc3)c(OC)c1)C(C(=O)OC(C)C)=C(C)N2. The molecule has 1 aliphatic heterocycles. The number of ether oxygens (including phenoxy) is 3. The minimum Gasteiger partial charge on any atom is -0.493 e. The van der Waals surface area contributed by atoms with Crippen LogP contribution in [0.3, 0.4) is 0 Å². The number of allylic oxidation sites excluding steroid dienone is 1. The number of aromatic nitrogens is 3. The zero-order chi connectivity index (χ0) is 24.9. The molecule has 184 valence electrons. The molecule has 0 saturated heterocycles. The molecule has 1 aromatic heterocycles. The van der Waals surface area contributed by atoms with E-state index in [0.717, 1.165) is 16.9 Å². The van der Waals surface area contributed by atoms with Crippen molar-refractivity contribution >= 4 is 23.7 Å². The van der Waals surface area contributed by atoms with Crippen LogP contribution in [0, 0.1) is 0 Å². The van der Waals surface area contributed by atoms with Gasteiger partial charge in [-0.25, -0.2) is 9.48 Å². The van der Waals surface area contributed by atoms with Gasteiger partial charge in [-0.1, -0.05) is 55.1 Å². The Labute approximate surface area is 209 Å². The van der Waals surface area contributed by atoms with Gasteiger partial charge in [-0.15, -0.1) is 5.10 Å². The van der Waals surface area contributed by atoms with Crippen molar-refractivity contribution in [1.82, 2.24) is 14.8 Å². The first-order chi connectivity index (χ1) is 16.9. The number of carbonyl (C=O) groups excluding carboxylic acids is 1. The largest absolute Gasteiger partial charge is 0.493 e. The van der Waals surface area contributed by atoms with Crippen molar-refractivity contribution in [2.75, 3.05) is 18.2 Å². The average molecular weight is 495 g/mol. The second-order valence-electron chi connectivity index (χ2n) is 8.30. The van der Waals surface area contributed by atoms with Crippen LogP contribution in [0.1, 0.15) is 44.9 Å². The average Bonchev–Trinajstić information content (AvgIpc) is 3.24. The minimum atomic E-state index is -0.534. The fourth-order valence-electron chi connectivity index (χ4n) is 3.88. The van der Waals surface area contributed by atoms with E-state index < -0.39 is 12.0 Å². The standard InChI is InChI=1S/C26H30N4O4S/c1-6-35-26-28-25-27-17(4)22(24(31)34-16(2)3)23(30(25)29-26)19-12-13-20(21(14-19)32-5)33-15-18-10-8-7-9-11-18/h7-14,16,23H,6,15H2,1-5H3,(H,27,28,29). The maximum atomic E-state index is 13.2. The van der Waals surface area contributed by atoms with Gasteiger partial charge in [-0.05, 0) is 49.8 Å². The minimum absolute atomic E-state index is 0.255. The number of hydrogen-bond acceptors (Lipinski definition) is 8. The summed E-state index contributed by atoms with van der Waals surface area (Å²) in [6.07, 6.45) is -0.255. The van der Waals surface area contributed by atoms with E-state index in [1.54, 1.807) is 11.8 Å². The molecular weight excluding hydrogens is 464 g/mol. The van der Waals surface area contributed by atoms with E-state index in [4.69, 9.17) is 19.3 Å². The number of anilines is 1. The number of benzene rings is 2. The van der Waals surface area contributed by atoms with Crippen LogP contribution in [0.25, 0.3) is 0 Å². The zero-order valence-corrected chi connectivity index (χ0v) is 21.4. The van der Waals surface area contributed by atoms with Crippen molar-refractivity contribution in [3.05, 3.63) is 70.9 Å². The third-order valence-corrected chi connectivity index (χ3v) is 6.13. The third kappa shape index (κ3) is 5.45. The fraction of sp³-hybridized carbons (Fsp3) is 0.346. The second kappa shape index (κ2) is 10.9. The monoisotopic (exact) mass is 494 g/mol. The molecule has 2 heterocycles. The lowest BCUT2D eigenvalue weighted by atomic mass is 9.95. The molecule has 0 amide bonds. The Morgan fingerprint density at radius 3 is 2.63 bits per heavy atom. The van der Waals surface area contributed by atoms with Gasteiger partial charge in [0.25, 0.3) is 0 Å². The lowest BCUT2D eigenvalue weighted by Crippen LogP contribution is -2.30. The van der Waals surface area contributed by atoms with Gasteiger partial charge >= 0.3 is 5.97 Å². The van der Waals surface area contributed by atoms with Gasteiger partial charge in [-0.2, -0.15) is 4.98 Å². The molecule has 0 radical (unpaired) electrons. The van der Waals surface area contributed by atoms with Gasteiger partial charge in [0.1, 0.15) is 12.6 Å². The number of methoxy groups -OCH3 is 1. The van der Waals surface area contributed by atoms with Crippen LogP contribution < -0.4 is 14.8 Å². The molecule has 1 aliphatic rings. The van der Waals surface area contributed by atoms with E-state index in [9.17, 15) is 4.79 Å². The molecule has 0 saturated carbocycles. The van der Waals surface area contributed by atoms with Crippen LogP contribution in [0.15, 0.2) is 65.0 Å². The van der Waals surface area contributed by atoms with Gasteiger partial charge in [-0.3, -0.25) is 0 Å². The maximum absolute atomic E-state index is 13.2. The zero-order valence-electron chi connectivity index (χ0n) is 20.6. The molecule has 8 nitrogen and oxygen atoms in total. The Morgan fingerprint density at radius 2 is 1.94 bits per heavy atom. The van der Waals surface area contributed by atoms with Crippen molar-refractivity contribution in [2.24, 2.45) is 0 Å². The third-order valence-electron chi connectivity index (χ3n) is 5.41. The van der Waals surface area contributed by atoms with Crippen LogP contribution >= 0.6 is 11.8 Å². The number of fused-ring (bicyclic) bond motifs is 1. The summed E-state index contributed by atoms with van der Waals surface area (Å²) in [4.78, 5) is 17.8. The quantitative estimate of drug-likeness (QED) is 0.320. The van der Waals surface area contributed by atoms with Crippen LogP contribution in [0.2, 0.25) is 0 Å². The molecule has 1 unspecified atom stereocenters. The number of nitrogens with zero attached hydrogens (tertiary/aromatic N) is 3. The normalized spacial score (nSPS) is 15.0. The summed E-state index contributed by atoms with van der Waals surface area (Å²) in [7, 11) is 1.60. The van der Waals surface area contributed by atoms with Crippen molar-refractivity contribution in [2.45, 2.75) is 51.6 Å². The summed E-state index contributed by atoms with van der Waals surface area (Å²) in [5.74, 6) is 2.19. The van der Waals surface area contributed by atoms with E-state index in [1.807, 2.05) is 76.2 Å².